The first-order valence-electron chi connectivity index (χ1n) is 25.6. The maximum atomic E-state index is 12.8. The average Bonchev–Trinajstić information content (AvgIpc) is 3.76. The average molecular weight is 1030 g/mol. The summed E-state index contributed by atoms with van der Waals surface area (Å²) < 4.78 is 18.5. The van der Waals surface area contributed by atoms with Gasteiger partial charge in [-0.15, -0.1) is 0 Å². The van der Waals surface area contributed by atoms with Crippen molar-refractivity contribution in [2.45, 2.75) is 217 Å². The van der Waals surface area contributed by atoms with Crippen molar-refractivity contribution in [1.82, 2.24) is 0 Å². The van der Waals surface area contributed by atoms with E-state index in [9.17, 15) is 19.5 Å². The first-order chi connectivity index (χ1) is 30.6. The first-order valence-corrected chi connectivity index (χ1v) is 26.7. The molecule has 66 heavy (non-hydrogen) atoms. The molecule has 0 radical (unpaired) electrons. The Kier molecular flexibility index (Phi) is 21.0. The highest BCUT2D eigenvalue weighted by Gasteiger charge is 2.61. The zero-order valence-electron chi connectivity index (χ0n) is 44.1. The summed E-state index contributed by atoms with van der Waals surface area (Å²) in [6.07, 6.45) is 14.3. The predicted octanol–water partition coefficient (Wildman–Crippen LogP) is 15.7. The van der Waals surface area contributed by atoms with Gasteiger partial charge in [-0.2, -0.15) is 0 Å². The van der Waals surface area contributed by atoms with E-state index in [0.717, 1.165) is 59.5 Å². The summed E-state index contributed by atoms with van der Waals surface area (Å²) in [6, 6.07) is 12.6. The lowest BCUT2D eigenvalue weighted by atomic mass is 9.47. The van der Waals surface area contributed by atoms with Crippen LogP contribution in [0.25, 0.3) is 0 Å². The Hall–Kier alpha value is -2.82. The lowest BCUT2D eigenvalue weighted by Crippen LogP contribution is -2.63. The Balaban J connectivity index is 0.000000239. The summed E-state index contributed by atoms with van der Waals surface area (Å²) in [7, 11) is 0. The van der Waals surface area contributed by atoms with Crippen LogP contribution in [0.4, 0.5) is 0 Å². The van der Waals surface area contributed by atoms with E-state index in [4.69, 9.17) is 19.3 Å². The van der Waals surface area contributed by atoms with Crippen molar-refractivity contribution in [3.05, 3.63) is 57.2 Å². The van der Waals surface area contributed by atoms with Crippen LogP contribution < -0.4 is 0 Å². The van der Waals surface area contributed by atoms with E-state index in [1.807, 2.05) is 80.5 Å². The third-order valence-corrected chi connectivity index (χ3v) is 17.4. The van der Waals surface area contributed by atoms with Gasteiger partial charge in [-0.3, -0.25) is 14.4 Å². The van der Waals surface area contributed by atoms with E-state index in [1.54, 1.807) is 24.3 Å². The molecule has 4 bridgehead atoms. The van der Waals surface area contributed by atoms with Crippen LogP contribution in [0.15, 0.2) is 42.5 Å². The second-order valence-corrected chi connectivity index (χ2v) is 24.1. The molecule has 0 saturated heterocycles. The number of ether oxygens (including phenoxy) is 3. The fourth-order valence-corrected chi connectivity index (χ4v) is 10.7. The molecule has 0 aliphatic heterocycles. The smallest absolute Gasteiger partial charge is 0.312 e. The highest BCUT2D eigenvalue weighted by molar-refractivity contribution is 14.1. The summed E-state index contributed by atoms with van der Waals surface area (Å²) in [5.74, 6) is 4.91. The number of phenolic OH excluding ortho intramolecular Hbond substituents is 2. The largest absolute Gasteiger partial charge is 0.508 e. The standard InChI is InChI=1S/C19H32O2.C14H19IO3.C14H26O2.C10H14O/c1-6-18(4,5)17(20)21-19(12(2)3)15-8-13-7-14(10-15)11-16(19)9-13;1-5-14(3,4)13(17)18-9(2)10-6-7-12(16)11(15)8-10;1-6-13(4,5)12(15)16-14(11(2)3)9-7-8-10-14;1-3-8(2)9-4-6-10(11)7-5-9/h12-16H,6-11H2,1-5H3;6-9,16H,5H2,1-4H3;11H,6-10H2,1-5H3;4-8,11H,3H2,1-2H3. The van der Waals surface area contributed by atoms with Gasteiger partial charge in [-0.1, -0.05) is 80.5 Å². The third-order valence-electron chi connectivity index (χ3n) is 16.5. The molecule has 0 heterocycles. The zero-order valence-corrected chi connectivity index (χ0v) is 46.2. The Labute approximate surface area is 415 Å². The molecule has 2 aromatic rings. The topological polar surface area (TPSA) is 119 Å². The molecule has 0 amide bonds. The van der Waals surface area contributed by atoms with Gasteiger partial charge in [0.2, 0.25) is 0 Å². The molecule has 2 aromatic carbocycles. The van der Waals surface area contributed by atoms with Crippen molar-refractivity contribution in [2.75, 3.05) is 0 Å². The van der Waals surface area contributed by atoms with Crippen LogP contribution >= 0.6 is 22.6 Å². The molecule has 5 fully saturated rings. The Morgan fingerprint density at radius 2 is 1.08 bits per heavy atom. The van der Waals surface area contributed by atoms with Gasteiger partial charge in [-0.05, 0) is 231 Å². The highest BCUT2D eigenvalue weighted by Crippen LogP contribution is 2.62. The molecule has 2 unspecified atom stereocenters. The summed E-state index contributed by atoms with van der Waals surface area (Å²) in [4.78, 5) is 36.9. The molecule has 2 atom stereocenters. The van der Waals surface area contributed by atoms with Gasteiger partial charge in [0.15, 0.2) is 0 Å². The van der Waals surface area contributed by atoms with Crippen LogP contribution in [0.2, 0.25) is 0 Å². The monoisotopic (exact) mass is 1030 g/mol. The van der Waals surface area contributed by atoms with Crippen LogP contribution in [0.3, 0.4) is 0 Å². The van der Waals surface area contributed by atoms with E-state index >= 15 is 0 Å². The van der Waals surface area contributed by atoms with Crippen molar-refractivity contribution in [2.24, 2.45) is 51.8 Å². The number of halogens is 1. The third kappa shape index (κ3) is 14.4. The fourth-order valence-electron chi connectivity index (χ4n) is 10.2. The molecule has 374 valence electrons. The molecule has 9 heteroatoms. The van der Waals surface area contributed by atoms with Crippen molar-refractivity contribution in [1.29, 1.82) is 0 Å². The van der Waals surface area contributed by atoms with Gasteiger partial charge in [0.1, 0.15) is 28.8 Å². The quantitative estimate of drug-likeness (QED) is 0.109. The SMILES string of the molecule is CCC(C)(C)C(=O)OC(C)c1ccc(O)c(I)c1.CCC(C)(C)C(=O)OC1(C(C)C)C2CC3CC(C2)CC1C3.CCC(C)(C)C(=O)OC1(C(C)C)CCCC1.CCC(C)c1ccc(O)cc1. The van der Waals surface area contributed by atoms with E-state index in [1.165, 1.54) is 50.5 Å². The van der Waals surface area contributed by atoms with Gasteiger partial charge in [0, 0.05) is 0 Å². The molecular formula is C57H91IO8. The summed E-state index contributed by atoms with van der Waals surface area (Å²) in [5, 5.41) is 18.5. The summed E-state index contributed by atoms with van der Waals surface area (Å²) in [6.45, 7) is 32.9. The number of phenols is 2. The molecule has 7 rings (SSSR count). The Morgan fingerprint density at radius 3 is 1.48 bits per heavy atom. The minimum absolute atomic E-state index is 0.0226. The van der Waals surface area contributed by atoms with Crippen LogP contribution in [0.5, 0.6) is 11.5 Å². The van der Waals surface area contributed by atoms with E-state index in [2.05, 4.69) is 71.1 Å². The molecule has 5 aliphatic rings. The molecule has 0 spiro atoms. The maximum Gasteiger partial charge on any atom is 0.312 e. The first kappa shape index (κ1) is 57.5. The van der Waals surface area contributed by atoms with Gasteiger partial charge in [-0.25, -0.2) is 0 Å². The van der Waals surface area contributed by atoms with Crippen LogP contribution in [-0.2, 0) is 28.6 Å². The Bertz CT molecular complexity index is 1830. The molecule has 2 N–H and O–H groups in total. The zero-order chi connectivity index (χ0) is 50.0. The number of carbonyl (C=O) groups excluding carboxylic acids is 3. The van der Waals surface area contributed by atoms with Gasteiger partial charge in [0.05, 0.1) is 19.8 Å². The number of carbonyl (C=O) groups is 3. The van der Waals surface area contributed by atoms with Crippen LogP contribution in [0.1, 0.15) is 217 Å². The van der Waals surface area contributed by atoms with Gasteiger partial charge < -0.3 is 24.4 Å². The highest BCUT2D eigenvalue weighted by atomic mass is 127. The number of hydrogen-bond acceptors (Lipinski definition) is 8. The van der Waals surface area contributed by atoms with E-state index in [-0.39, 0.29) is 51.8 Å². The molecule has 8 nitrogen and oxygen atoms in total. The fraction of sp³-hybridized carbons (Fsp3) is 0.737. The van der Waals surface area contributed by atoms with E-state index in [0.29, 0.717) is 35.3 Å². The van der Waals surface area contributed by atoms with Crippen LogP contribution in [-0.4, -0.2) is 39.3 Å². The lowest BCUT2D eigenvalue weighted by molar-refractivity contribution is -0.231. The number of hydrogen-bond donors (Lipinski definition) is 2. The van der Waals surface area contributed by atoms with Crippen molar-refractivity contribution < 1.29 is 38.8 Å². The second kappa shape index (κ2) is 24.1. The molecule has 5 saturated carbocycles. The van der Waals surface area contributed by atoms with Gasteiger partial charge >= 0.3 is 17.9 Å². The number of esters is 3. The number of benzene rings is 2. The molecule has 5 aliphatic carbocycles. The van der Waals surface area contributed by atoms with Crippen molar-refractivity contribution in [3.8, 4) is 11.5 Å². The predicted molar refractivity (Wildman–Crippen MR) is 277 cm³/mol. The van der Waals surface area contributed by atoms with E-state index < -0.39 is 5.41 Å². The van der Waals surface area contributed by atoms with Crippen LogP contribution in [0, 0.1) is 55.3 Å². The number of rotatable bonds is 14. The van der Waals surface area contributed by atoms with Gasteiger partial charge in [0.25, 0.3) is 0 Å². The Morgan fingerprint density at radius 1 is 0.636 bits per heavy atom. The van der Waals surface area contributed by atoms with Crippen molar-refractivity contribution in [3.63, 3.8) is 0 Å². The van der Waals surface area contributed by atoms with Crippen molar-refractivity contribution >= 4 is 40.5 Å². The normalized spacial score (nSPS) is 23.9. The summed E-state index contributed by atoms with van der Waals surface area (Å²) >= 11 is 2.05. The number of aromatic hydroxyl groups is 2. The molecular weight excluding hydrogens is 940 g/mol. The second-order valence-electron chi connectivity index (χ2n) is 22.9. The maximum absolute atomic E-state index is 12.8. The minimum Gasteiger partial charge on any atom is -0.508 e. The lowest BCUT2D eigenvalue weighted by Gasteiger charge is -2.62. The summed E-state index contributed by atoms with van der Waals surface area (Å²) in [5.41, 5.74) is 0.683. The molecule has 0 aromatic heterocycles. The minimum atomic E-state index is -0.460.